The summed E-state index contributed by atoms with van der Waals surface area (Å²) in [5.41, 5.74) is 1.58. The quantitative estimate of drug-likeness (QED) is 0.182. The second-order valence-corrected chi connectivity index (χ2v) is 8.15. The molecule has 0 heterocycles. The van der Waals surface area contributed by atoms with Crippen molar-refractivity contribution in [1.82, 2.24) is 0 Å². The van der Waals surface area contributed by atoms with Gasteiger partial charge < -0.3 is 14.6 Å². The number of carbonyl (C=O) groups is 1. The summed E-state index contributed by atoms with van der Waals surface area (Å²) in [5.74, 6) is 1.01. The summed E-state index contributed by atoms with van der Waals surface area (Å²) in [5, 5.41) is 17.1. The minimum Gasteiger partial charge on any atom is -0.494 e. The molecular weight excluding hydrogens is 416 g/mol. The van der Waals surface area contributed by atoms with Crippen molar-refractivity contribution in [2.24, 2.45) is 10.2 Å². The Morgan fingerprint density at radius 1 is 0.667 bits per heavy atom. The topological polar surface area (TPSA) is 80.5 Å². The van der Waals surface area contributed by atoms with Gasteiger partial charge in [-0.05, 0) is 68.3 Å². The van der Waals surface area contributed by atoms with Crippen molar-refractivity contribution in [1.29, 1.82) is 0 Å². The highest BCUT2D eigenvalue weighted by atomic mass is 16.5. The van der Waals surface area contributed by atoms with E-state index in [1.807, 2.05) is 55.5 Å². The van der Waals surface area contributed by atoms with Gasteiger partial charge in [0.25, 0.3) is 0 Å². The van der Waals surface area contributed by atoms with Gasteiger partial charge in [-0.15, -0.1) is 0 Å². The van der Waals surface area contributed by atoms with E-state index in [-0.39, 0.29) is 0 Å². The Morgan fingerprint density at radius 2 is 1.09 bits per heavy atom. The van der Waals surface area contributed by atoms with Gasteiger partial charge in [0, 0.05) is 6.42 Å². The molecule has 0 radical (unpaired) electrons. The van der Waals surface area contributed by atoms with Gasteiger partial charge in [-0.3, -0.25) is 4.79 Å². The molecule has 0 amide bonds. The minimum absolute atomic E-state index is 0.308. The molecule has 0 saturated carbocycles. The standard InChI is InChI=1S/C27H38N2O4/c1-2-32-25-18-14-23(15-19-25)28-29-24-16-20-26(21-17-24)33-22-12-10-8-6-4-3-5-7-9-11-13-27(30)31/h14-21H,2-13,22H2,1H3,(H,30,31). The first-order chi connectivity index (χ1) is 16.2. The number of azo groups is 1. The molecule has 6 heteroatoms. The summed E-state index contributed by atoms with van der Waals surface area (Å²) in [6, 6.07) is 15.2. The number of nitrogens with zero attached hydrogens (tertiary/aromatic N) is 2. The molecule has 0 aliphatic heterocycles. The van der Waals surface area contributed by atoms with Crippen LogP contribution in [0.15, 0.2) is 58.8 Å². The van der Waals surface area contributed by atoms with E-state index in [1.165, 1.54) is 38.5 Å². The van der Waals surface area contributed by atoms with Crippen molar-refractivity contribution < 1.29 is 19.4 Å². The molecule has 2 aromatic carbocycles. The van der Waals surface area contributed by atoms with E-state index in [1.54, 1.807) is 0 Å². The van der Waals surface area contributed by atoms with Crippen LogP contribution in [-0.4, -0.2) is 24.3 Å². The van der Waals surface area contributed by atoms with Gasteiger partial charge >= 0.3 is 5.97 Å². The normalized spacial score (nSPS) is 11.1. The van der Waals surface area contributed by atoms with E-state index < -0.39 is 5.97 Å². The average Bonchev–Trinajstić information content (AvgIpc) is 2.82. The zero-order valence-corrected chi connectivity index (χ0v) is 19.9. The number of unbranched alkanes of at least 4 members (excludes halogenated alkanes) is 9. The summed E-state index contributed by atoms with van der Waals surface area (Å²) in [4.78, 5) is 10.4. The van der Waals surface area contributed by atoms with Crippen LogP contribution in [0.1, 0.15) is 77.6 Å². The maximum atomic E-state index is 10.4. The zero-order valence-electron chi connectivity index (χ0n) is 19.9. The summed E-state index contributed by atoms with van der Waals surface area (Å²) < 4.78 is 11.3. The van der Waals surface area contributed by atoms with Crippen LogP contribution in [0.2, 0.25) is 0 Å². The number of hydrogen-bond donors (Lipinski definition) is 1. The molecule has 33 heavy (non-hydrogen) atoms. The lowest BCUT2D eigenvalue weighted by Crippen LogP contribution is -1.97. The molecule has 0 atom stereocenters. The lowest BCUT2D eigenvalue weighted by molar-refractivity contribution is -0.137. The highest BCUT2D eigenvalue weighted by Crippen LogP contribution is 2.23. The van der Waals surface area contributed by atoms with E-state index >= 15 is 0 Å². The molecule has 6 nitrogen and oxygen atoms in total. The number of carboxylic acid groups (broad SMARTS) is 1. The van der Waals surface area contributed by atoms with E-state index in [0.717, 1.165) is 55.2 Å². The second-order valence-electron chi connectivity index (χ2n) is 8.15. The average molecular weight is 455 g/mol. The van der Waals surface area contributed by atoms with E-state index in [4.69, 9.17) is 14.6 Å². The Labute approximate surface area is 198 Å². The van der Waals surface area contributed by atoms with Crippen molar-refractivity contribution in [3.63, 3.8) is 0 Å². The smallest absolute Gasteiger partial charge is 0.303 e. The van der Waals surface area contributed by atoms with Crippen LogP contribution >= 0.6 is 0 Å². The zero-order chi connectivity index (χ0) is 23.6. The molecule has 0 fully saturated rings. The monoisotopic (exact) mass is 454 g/mol. The van der Waals surface area contributed by atoms with Crippen LogP contribution in [0, 0.1) is 0 Å². The highest BCUT2D eigenvalue weighted by molar-refractivity contribution is 5.66. The number of carboxylic acids is 1. The highest BCUT2D eigenvalue weighted by Gasteiger charge is 1.99. The van der Waals surface area contributed by atoms with Crippen LogP contribution in [0.4, 0.5) is 11.4 Å². The fourth-order valence-electron chi connectivity index (χ4n) is 3.48. The van der Waals surface area contributed by atoms with E-state index in [9.17, 15) is 4.79 Å². The van der Waals surface area contributed by atoms with E-state index in [0.29, 0.717) is 13.0 Å². The Morgan fingerprint density at radius 3 is 1.55 bits per heavy atom. The number of benzene rings is 2. The molecule has 2 aromatic rings. The molecule has 180 valence electrons. The molecule has 0 unspecified atom stereocenters. The van der Waals surface area contributed by atoms with Gasteiger partial charge in [-0.25, -0.2) is 0 Å². The molecule has 2 rings (SSSR count). The van der Waals surface area contributed by atoms with Crippen molar-refractivity contribution in [2.45, 2.75) is 77.6 Å². The van der Waals surface area contributed by atoms with Crippen molar-refractivity contribution in [2.75, 3.05) is 13.2 Å². The van der Waals surface area contributed by atoms with Gasteiger partial charge in [0.1, 0.15) is 11.5 Å². The molecule has 0 aliphatic rings. The van der Waals surface area contributed by atoms with Gasteiger partial charge in [-0.1, -0.05) is 51.4 Å². The number of hydrogen-bond acceptors (Lipinski definition) is 5. The first kappa shape index (κ1) is 26.4. The predicted octanol–water partition coefficient (Wildman–Crippen LogP) is 8.26. The summed E-state index contributed by atoms with van der Waals surface area (Å²) in [6.07, 6.45) is 11.8. The SMILES string of the molecule is CCOc1ccc(N=Nc2ccc(OCCCCCCCCCCCCC(=O)O)cc2)cc1. The Hall–Kier alpha value is -2.89. The lowest BCUT2D eigenvalue weighted by Gasteiger charge is -2.06. The van der Waals surface area contributed by atoms with Crippen molar-refractivity contribution in [3.05, 3.63) is 48.5 Å². The van der Waals surface area contributed by atoms with Crippen molar-refractivity contribution in [3.8, 4) is 11.5 Å². The van der Waals surface area contributed by atoms with E-state index in [2.05, 4.69) is 10.2 Å². The van der Waals surface area contributed by atoms with Crippen molar-refractivity contribution >= 4 is 17.3 Å². The fraction of sp³-hybridized carbons (Fsp3) is 0.519. The first-order valence-electron chi connectivity index (χ1n) is 12.3. The van der Waals surface area contributed by atoms with Crippen LogP contribution < -0.4 is 9.47 Å². The Kier molecular flexibility index (Phi) is 13.3. The van der Waals surface area contributed by atoms with Gasteiger partial charge in [-0.2, -0.15) is 10.2 Å². The number of ether oxygens (including phenoxy) is 2. The number of rotatable bonds is 18. The minimum atomic E-state index is -0.682. The largest absolute Gasteiger partial charge is 0.494 e. The molecule has 0 aromatic heterocycles. The molecule has 0 saturated heterocycles. The summed E-state index contributed by atoms with van der Waals surface area (Å²) >= 11 is 0. The molecule has 0 spiro atoms. The Bertz CT molecular complexity index is 804. The lowest BCUT2D eigenvalue weighted by atomic mass is 10.1. The predicted molar refractivity (Wildman–Crippen MR) is 132 cm³/mol. The maximum absolute atomic E-state index is 10.4. The van der Waals surface area contributed by atoms with Crippen LogP contribution in [-0.2, 0) is 4.79 Å². The fourth-order valence-corrected chi connectivity index (χ4v) is 3.48. The molecular formula is C27H38N2O4. The van der Waals surface area contributed by atoms with Crippen LogP contribution in [0.5, 0.6) is 11.5 Å². The van der Waals surface area contributed by atoms with Gasteiger partial charge in [0.15, 0.2) is 0 Å². The second kappa shape index (κ2) is 16.7. The number of aliphatic carboxylic acids is 1. The van der Waals surface area contributed by atoms with Crippen LogP contribution in [0.3, 0.4) is 0 Å². The third-order valence-electron chi connectivity index (χ3n) is 5.32. The molecule has 0 aliphatic carbocycles. The first-order valence-corrected chi connectivity index (χ1v) is 12.3. The van der Waals surface area contributed by atoms with Gasteiger partial charge in [0.05, 0.1) is 24.6 Å². The summed E-state index contributed by atoms with van der Waals surface area (Å²) in [7, 11) is 0. The summed E-state index contributed by atoms with van der Waals surface area (Å²) in [6.45, 7) is 3.34. The third-order valence-corrected chi connectivity index (χ3v) is 5.32. The third kappa shape index (κ3) is 12.7. The molecule has 0 bridgehead atoms. The maximum Gasteiger partial charge on any atom is 0.303 e. The van der Waals surface area contributed by atoms with Crippen LogP contribution in [0.25, 0.3) is 0 Å². The van der Waals surface area contributed by atoms with Gasteiger partial charge in [0.2, 0.25) is 0 Å². The Balaban J connectivity index is 1.49. The molecule has 1 N–H and O–H groups in total.